The SMILES string of the molecule is Cc1cc(C)cc(COc2ccc(Br)c(CC(C)N)c2)c1. The molecule has 3 heteroatoms. The molecule has 2 N–H and O–H groups in total. The smallest absolute Gasteiger partial charge is 0.120 e. The number of benzene rings is 2. The highest BCUT2D eigenvalue weighted by Gasteiger charge is 2.06. The Bertz CT molecular complexity index is 602. The predicted molar refractivity (Wildman–Crippen MR) is 91.7 cm³/mol. The Morgan fingerprint density at radius 3 is 2.38 bits per heavy atom. The first-order chi connectivity index (χ1) is 9.94. The van der Waals surface area contributed by atoms with E-state index in [2.05, 4.69) is 54.0 Å². The molecule has 2 nitrogen and oxygen atoms in total. The van der Waals surface area contributed by atoms with Gasteiger partial charge in [-0.15, -0.1) is 0 Å². The number of aryl methyl sites for hydroxylation is 2. The summed E-state index contributed by atoms with van der Waals surface area (Å²) in [6, 6.07) is 12.7. The van der Waals surface area contributed by atoms with Gasteiger partial charge in [-0.3, -0.25) is 0 Å². The Morgan fingerprint density at radius 1 is 1.10 bits per heavy atom. The van der Waals surface area contributed by atoms with Crippen LogP contribution in [-0.2, 0) is 13.0 Å². The molecule has 0 bridgehead atoms. The monoisotopic (exact) mass is 347 g/mol. The molecule has 0 spiro atoms. The standard InChI is InChI=1S/C18H22BrNO/c1-12-6-13(2)8-15(7-12)11-21-17-4-5-18(19)16(10-17)9-14(3)20/h4-8,10,14H,9,11,20H2,1-3H3. The topological polar surface area (TPSA) is 35.2 Å². The Morgan fingerprint density at radius 2 is 1.76 bits per heavy atom. The first-order valence-corrected chi connectivity index (χ1v) is 7.97. The van der Waals surface area contributed by atoms with Crippen molar-refractivity contribution in [2.45, 2.75) is 39.8 Å². The molecule has 0 aliphatic rings. The van der Waals surface area contributed by atoms with Crippen LogP contribution >= 0.6 is 15.9 Å². The summed E-state index contributed by atoms with van der Waals surface area (Å²) in [5.41, 5.74) is 10.8. The Labute approximate surface area is 135 Å². The van der Waals surface area contributed by atoms with E-state index in [0.29, 0.717) is 6.61 Å². The minimum absolute atomic E-state index is 0.135. The molecule has 0 amide bonds. The third kappa shape index (κ3) is 4.87. The zero-order chi connectivity index (χ0) is 15.4. The van der Waals surface area contributed by atoms with Crippen LogP contribution in [0.5, 0.6) is 5.75 Å². The van der Waals surface area contributed by atoms with Crippen molar-refractivity contribution in [3.05, 3.63) is 63.1 Å². The maximum absolute atomic E-state index is 5.92. The van der Waals surface area contributed by atoms with E-state index in [-0.39, 0.29) is 6.04 Å². The van der Waals surface area contributed by atoms with Crippen LogP contribution in [0.15, 0.2) is 40.9 Å². The Hall–Kier alpha value is -1.32. The average molecular weight is 348 g/mol. The van der Waals surface area contributed by atoms with E-state index in [0.717, 1.165) is 16.6 Å². The van der Waals surface area contributed by atoms with Crippen molar-refractivity contribution in [2.24, 2.45) is 5.73 Å². The summed E-state index contributed by atoms with van der Waals surface area (Å²) in [6.45, 7) is 6.81. The van der Waals surface area contributed by atoms with Crippen LogP contribution in [0.1, 0.15) is 29.2 Å². The normalized spacial score (nSPS) is 12.2. The number of hydrogen-bond acceptors (Lipinski definition) is 2. The van der Waals surface area contributed by atoms with Crippen molar-refractivity contribution in [1.82, 2.24) is 0 Å². The lowest BCUT2D eigenvalue weighted by Crippen LogP contribution is -2.18. The molecule has 112 valence electrons. The quantitative estimate of drug-likeness (QED) is 0.861. The zero-order valence-electron chi connectivity index (χ0n) is 12.8. The second-order valence-electron chi connectivity index (χ2n) is 5.72. The molecule has 1 unspecified atom stereocenters. The molecule has 2 aromatic carbocycles. The second kappa shape index (κ2) is 7.10. The van der Waals surface area contributed by atoms with E-state index in [1.807, 2.05) is 19.1 Å². The lowest BCUT2D eigenvalue weighted by atomic mass is 10.1. The van der Waals surface area contributed by atoms with Crippen molar-refractivity contribution >= 4 is 15.9 Å². The van der Waals surface area contributed by atoms with E-state index >= 15 is 0 Å². The maximum Gasteiger partial charge on any atom is 0.120 e. The summed E-state index contributed by atoms with van der Waals surface area (Å²) in [4.78, 5) is 0. The molecule has 0 aromatic heterocycles. The fraction of sp³-hybridized carbons (Fsp3) is 0.333. The fourth-order valence-electron chi connectivity index (χ4n) is 2.46. The fourth-order valence-corrected chi connectivity index (χ4v) is 2.87. The van der Waals surface area contributed by atoms with Crippen LogP contribution in [-0.4, -0.2) is 6.04 Å². The highest BCUT2D eigenvalue weighted by molar-refractivity contribution is 9.10. The van der Waals surface area contributed by atoms with Gasteiger partial charge in [-0.2, -0.15) is 0 Å². The van der Waals surface area contributed by atoms with E-state index in [4.69, 9.17) is 10.5 Å². The van der Waals surface area contributed by atoms with E-state index in [1.165, 1.54) is 22.3 Å². The summed E-state index contributed by atoms with van der Waals surface area (Å²) in [6.07, 6.45) is 0.835. The molecular weight excluding hydrogens is 326 g/mol. The minimum Gasteiger partial charge on any atom is -0.489 e. The van der Waals surface area contributed by atoms with Crippen LogP contribution < -0.4 is 10.5 Å². The van der Waals surface area contributed by atoms with Crippen LogP contribution in [0.4, 0.5) is 0 Å². The molecule has 0 saturated heterocycles. The van der Waals surface area contributed by atoms with Gasteiger partial charge in [0.1, 0.15) is 12.4 Å². The summed E-state index contributed by atoms with van der Waals surface area (Å²) >= 11 is 3.56. The van der Waals surface area contributed by atoms with Crippen molar-refractivity contribution in [1.29, 1.82) is 0 Å². The molecule has 2 rings (SSSR count). The van der Waals surface area contributed by atoms with Gasteiger partial charge in [0.25, 0.3) is 0 Å². The van der Waals surface area contributed by atoms with Gasteiger partial charge >= 0.3 is 0 Å². The summed E-state index contributed by atoms with van der Waals surface area (Å²) in [5, 5.41) is 0. The molecule has 0 fully saturated rings. The first kappa shape index (κ1) is 16.1. The number of rotatable bonds is 5. The van der Waals surface area contributed by atoms with Crippen LogP contribution in [0.3, 0.4) is 0 Å². The van der Waals surface area contributed by atoms with Crippen molar-refractivity contribution in [2.75, 3.05) is 0 Å². The molecule has 21 heavy (non-hydrogen) atoms. The van der Waals surface area contributed by atoms with Crippen molar-refractivity contribution < 1.29 is 4.74 Å². The molecule has 0 radical (unpaired) electrons. The summed E-state index contributed by atoms with van der Waals surface area (Å²) in [5.74, 6) is 0.882. The Kier molecular flexibility index (Phi) is 5.43. The van der Waals surface area contributed by atoms with E-state index < -0.39 is 0 Å². The lowest BCUT2D eigenvalue weighted by molar-refractivity contribution is 0.305. The van der Waals surface area contributed by atoms with Crippen LogP contribution in [0.2, 0.25) is 0 Å². The van der Waals surface area contributed by atoms with E-state index in [9.17, 15) is 0 Å². The average Bonchev–Trinajstić information content (AvgIpc) is 2.38. The summed E-state index contributed by atoms with van der Waals surface area (Å²) in [7, 11) is 0. The number of hydrogen-bond donors (Lipinski definition) is 1. The minimum atomic E-state index is 0.135. The summed E-state index contributed by atoms with van der Waals surface area (Å²) < 4.78 is 7.00. The van der Waals surface area contributed by atoms with E-state index in [1.54, 1.807) is 0 Å². The maximum atomic E-state index is 5.92. The molecule has 0 heterocycles. The molecule has 0 aliphatic heterocycles. The van der Waals surface area contributed by atoms with Gasteiger partial charge < -0.3 is 10.5 Å². The first-order valence-electron chi connectivity index (χ1n) is 7.18. The molecular formula is C18H22BrNO. The van der Waals surface area contributed by atoms with Crippen LogP contribution in [0, 0.1) is 13.8 Å². The van der Waals surface area contributed by atoms with Crippen LogP contribution in [0.25, 0.3) is 0 Å². The largest absolute Gasteiger partial charge is 0.489 e. The zero-order valence-corrected chi connectivity index (χ0v) is 14.4. The highest BCUT2D eigenvalue weighted by atomic mass is 79.9. The highest BCUT2D eigenvalue weighted by Crippen LogP contribution is 2.24. The third-order valence-electron chi connectivity index (χ3n) is 3.25. The number of nitrogens with two attached hydrogens (primary N) is 1. The van der Waals surface area contributed by atoms with Gasteiger partial charge in [-0.25, -0.2) is 0 Å². The molecule has 1 atom stereocenters. The number of ether oxygens (including phenoxy) is 1. The predicted octanol–water partition coefficient (Wildman–Crippen LogP) is 4.53. The molecule has 0 aliphatic carbocycles. The third-order valence-corrected chi connectivity index (χ3v) is 4.02. The van der Waals surface area contributed by atoms with Gasteiger partial charge in [-0.05, 0) is 56.5 Å². The molecule has 2 aromatic rings. The van der Waals surface area contributed by atoms with Crippen molar-refractivity contribution in [3.8, 4) is 5.75 Å². The number of halogens is 1. The molecule has 0 saturated carbocycles. The lowest BCUT2D eigenvalue weighted by Gasteiger charge is -2.12. The Balaban J connectivity index is 2.09. The van der Waals surface area contributed by atoms with Gasteiger partial charge in [0.05, 0.1) is 0 Å². The van der Waals surface area contributed by atoms with Gasteiger partial charge in [0, 0.05) is 10.5 Å². The second-order valence-corrected chi connectivity index (χ2v) is 6.57. The van der Waals surface area contributed by atoms with Gasteiger partial charge in [0.15, 0.2) is 0 Å². The van der Waals surface area contributed by atoms with Crippen molar-refractivity contribution in [3.63, 3.8) is 0 Å². The van der Waals surface area contributed by atoms with Gasteiger partial charge in [-0.1, -0.05) is 45.3 Å². The van der Waals surface area contributed by atoms with Gasteiger partial charge in [0.2, 0.25) is 0 Å².